The molecule has 0 aromatic heterocycles. The highest BCUT2D eigenvalue weighted by atomic mass is 19.4. The van der Waals surface area contributed by atoms with E-state index in [1.807, 2.05) is 6.92 Å². The van der Waals surface area contributed by atoms with Gasteiger partial charge >= 0.3 is 12.1 Å². The van der Waals surface area contributed by atoms with E-state index in [1.54, 1.807) is 11.4 Å². The molecule has 0 bridgehead atoms. The molecule has 20 heavy (non-hydrogen) atoms. The van der Waals surface area contributed by atoms with E-state index in [1.165, 1.54) is 30.3 Å². The second-order valence-electron chi connectivity index (χ2n) is 3.83. The lowest BCUT2D eigenvalue weighted by molar-refractivity contribution is -0.167. The number of allylic oxidation sites excluding steroid dienone is 1. The summed E-state index contributed by atoms with van der Waals surface area (Å²) in [5.41, 5.74) is 0.412. The molecule has 2 N–H and O–H groups in total. The lowest BCUT2D eigenvalue weighted by Gasteiger charge is -2.08. The zero-order valence-corrected chi connectivity index (χ0v) is 10.6. The van der Waals surface area contributed by atoms with Gasteiger partial charge in [0, 0.05) is 11.4 Å². The Kier molecular flexibility index (Phi) is 5.31. The number of benzene rings is 1. The minimum absolute atomic E-state index is 0.00516. The first-order chi connectivity index (χ1) is 9.32. The van der Waals surface area contributed by atoms with E-state index in [2.05, 4.69) is 5.32 Å². The molecule has 0 saturated heterocycles. The Bertz CT molecular complexity index is 507. The van der Waals surface area contributed by atoms with E-state index in [-0.39, 0.29) is 11.6 Å². The summed E-state index contributed by atoms with van der Waals surface area (Å²) in [6.45, 7) is 1.88. The number of rotatable bonds is 4. The van der Waals surface area contributed by atoms with Gasteiger partial charge in [0.05, 0.1) is 0 Å². The van der Waals surface area contributed by atoms with Crippen molar-refractivity contribution < 1.29 is 22.8 Å². The van der Waals surface area contributed by atoms with Crippen LogP contribution in [0.5, 0.6) is 0 Å². The first kappa shape index (κ1) is 15.7. The Morgan fingerprint density at radius 2 is 1.60 bits per heavy atom. The van der Waals surface area contributed by atoms with Gasteiger partial charge in [-0.25, -0.2) is 0 Å². The molecular formula is C13H13F3N2O2. The minimum atomic E-state index is -4.93. The van der Waals surface area contributed by atoms with Crippen molar-refractivity contribution in [2.75, 3.05) is 10.6 Å². The number of nitrogens with one attached hydrogen (secondary N) is 2. The molecule has 0 radical (unpaired) electrons. The molecule has 7 heteroatoms. The number of carbonyl (C=O) groups is 2. The van der Waals surface area contributed by atoms with Crippen molar-refractivity contribution in [3.63, 3.8) is 0 Å². The Morgan fingerprint density at radius 3 is 2.05 bits per heavy atom. The van der Waals surface area contributed by atoms with Crippen LogP contribution in [-0.4, -0.2) is 18.0 Å². The van der Waals surface area contributed by atoms with Crippen LogP contribution in [0.1, 0.15) is 13.3 Å². The Balaban J connectivity index is 2.63. The Morgan fingerprint density at radius 1 is 1.10 bits per heavy atom. The summed E-state index contributed by atoms with van der Waals surface area (Å²) >= 11 is 0. The quantitative estimate of drug-likeness (QED) is 0.836. The fraction of sp³-hybridized carbons (Fsp3) is 0.231. The molecule has 0 saturated carbocycles. The molecule has 0 aliphatic carbocycles. The topological polar surface area (TPSA) is 58.2 Å². The fourth-order valence-electron chi connectivity index (χ4n) is 1.25. The van der Waals surface area contributed by atoms with Crippen LogP contribution < -0.4 is 10.6 Å². The molecule has 0 heterocycles. The average molecular weight is 286 g/mol. The molecule has 0 unspecified atom stereocenters. The highest BCUT2D eigenvalue weighted by molar-refractivity contribution is 5.99. The van der Waals surface area contributed by atoms with Crippen LogP contribution in [0, 0.1) is 0 Å². The lowest BCUT2D eigenvalue weighted by atomic mass is 10.2. The van der Waals surface area contributed by atoms with Gasteiger partial charge in [-0.05, 0) is 36.8 Å². The maximum Gasteiger partial charge on any atom is 0.471 e. The van der Waals surface area contributed by atoms with Crippen LogP contribution in [0.2, 0.25) is 0 Å². The van der Waals surface area contributed by atoms with Gasteiger partial charge in [0.25, 0.3) is 0 Å². The number of carbonyl (C=O) groups excluding carboxylic acids is 2. The van der Waals surface area contributed by atoms with E-state index in [9.17, 15) is 22.8 Å². The van der Waals surface area contributed by atoms with Crippen molar-refractivity contribution >= 4 is 23.2 Å². The zero-order chi connectivity index (χ0) is 15.2. The summed E-state index contributed by atoms with van der Waals surface area (Å²) < 4.78 is 36.1. The first-order valence-electron chi connectivity index (χ1n) is 5.78. The van der Waals surface area contributed by atoms with Crippen molar-refractivity contribution in [2.24, 2.45) is 0 Å². The number of hydrogen-bond donors (Lipinski definition) is 2. The van der Waals surface area contributed by atoms with Gasteiger partial charge in [0.1, 0.15) is 0 Å². The summed E-state index contributed by atoms with van der Waals surface area (Å²) in [6, 6.07) is 5.32. The minimum Gasteiger partial charge on any atom is -0.323 e. The Hall–Kier alpha value is -2.31. The van der Waals surface area contributed by atoms with E-state index >= 15 is 0 Å². The maximum atomic E-state index is 12.0. The molecule has 2 amide bonds. The van der Waals surface area contributed by atoms with E-state index < -0.39 is 12.1 Å². The van der Waals surface area contributed by atoms with Crippen molar-refractivity contribution in [3.8, 4) is 0 Å². The highest BCUT2D eigenvalue weighted by Crippen LogP contribution is 2.19. The smallest absolute Gasteiger partial charge is 0.323 e. The van der Waals surface area contributed by atoms with Crippen LogP contribution in [0.3, 0.4) is 0 Å². The van der Waals surface area contributed by atoms with E-state index in [0.717, 1.165) is 6.42 Å². The highest BCUT2D eigenvalue weighted by Gasteiger charge is 2.38. The monoisotopic (exact) mass is 286 g/mol. The summed E-state index contributed by atoms with van der Waals surface area (Å²) in [5.74, 6) is -2.38. The zero-order valence-electron chi connectivity index (χ0n) is 10.6. The molecule has 1 aromatic carbocycles. The predicted molar refractivity (Wildman–Crippen MR) is 69.2 cm³/mol. The molecule has 0 spiro atoms. The number of amides is 2. The predicted octanol–water partition coefficient (Wildman–Crippen LogP) is 3.09. The largest absolute Gasteiger partial charge is 0.471 e. The van der Waals surface area contributed by atoms with Crippen LogP contribution in [-0.2, 0) is 9.59 Å². The van der Waals surface area contributed by atoms with Gasteiger partial charge in [-0.1, -0.05) is 13.0 Å². The van der Waals surface area contributed by atoms with Gasteiger partial charge in [-0.3, -0.25) is 9.59 Å². The normalized spacial score (nSPS) is 11.4. The molecule has 1 rings (SSSR count). The lowest BCUT2D eigenvalue weighted by Crippen LogP contribution is -2.29. The second kappa shape index (κ2) is 6.74. The molecule has 108 valence electrons. The molecule has 4 nitrogen and oxygen atoms in total. The fourth-order valence-corrected chi connectivity index (χ4v) is 1.25. The third kappa shape index (κ3) is 5.13. The van der Waals surface area contributed by atoms with E-state index in [4.69, 9.17) is 0 Å². The van der Waals surface area contributed by atoms with Crippen LogP contribution in [0.4, 0.5) is 24.5 Å². The standard InChI is InChI=1S/C13H13F3N2O2/c1-2-3-4-11(19)17-9-5-7-10(8-6-9)18-12(20)13(14,15)16/h3-8H,2H2,1H3,(H,17,19)(H,18,20)/b4-3+. The number of alkyl halides is 3. The van der Waals surface area contributed by atoms with Crippen LogP contribution >= 0.6 is 0 Å². The van der Waals surface area contributed by atoms with Crippen molar-refractivity contribution in [1.29, 1.82) is 0 Å². The van der Waals surface area contributed by atoms with E-state index in [0.29, 0.717) is 5.69 Å². The summed E-state index contributed by atoms with van der Waals surface area (Å²) in [4.78, 5) is 22.0. The van der Waals surface area contributed by atoms with Crippen molar-refractivity contribution in [1.82, 2.24) is 0 Å². The average Bonchev–Trinajstić information content (AvgIpc) is 2.37. The number of halogens is 3. The molecule has 0 atom stereocenters. The molecular weight excluding hydrogens is 273 g/mol. The molecule has 0 aliphatic rings. The van der Waals surface area contributed by atoms with Crippen LogP contribution in [0.25, 0.3) is 0 Å². The summed E-state index contributed by atoms with van der Waals surface area (Å²) in [6.07, 6.45) is -1.18. The van der Waals surface area contributed by atoms with Crippen molar-refractivity contribution in [3.05, 3.63) is 36.4 Å². The van der Waals surface area contributed by atoms with Gasteiger partial charge < -0.3 is 10.6 Å². The summed E-state index contributed by atoms with van der Waals surface area (Å²) in [7, 11) is 0. The van der Waals surface area contributed by atoms with Gasteiger partial charge in [0.2, 0.25) is 5.91 Å². The first-order valence-corrected chi connectivity index (χ1v) is 5.78. The van der Waals surface area contributed by atoms with Crippen LogP contribution in [0.15, 0.2) is 36.4 Å². The SMILES string of the molecule is CC/C=C/C(=O)Nc1ccc(NC(=O)C(F)(F)F)cc1. The second-order valence-corrected chi connectivity index (χ2v) is 3.83. The third-order valence-corrected chi connectivity index (χ3v) is 2.17. The van der Waals surface area contributed by atoms with Crippen molar-refractivity contribution in [2.45, 2.75) is 19.5 Å². The van der Waals surface area contributed by atoms with Gasteiger partial charge in [0.15, 0.2) is 0 Å². The Labute approximate surface area is 113 Å². The summed E-state index contributed by atoms with van der Waals surface area (Å²) in [5, 5.41) is 4.23. The number of anilines is 2. The third-order valence-electron chi connectivity index (χ3n) is 2.17. The van der Waals surface area contributed by atoms with Gasteiger partial charge in [-0.2, -0.15) is 13.2 Å². The number of hydrogen-bond acceptors (Lipinski definition) is 2. The molecule has 0 fully saturated rings. The maximum absolute atomic E-state index is 12.0. The molecule has 1 aromatic rings. The van der Waals surface area contributed by atoms with Gasteiger partial charge in [-0.15, -0.1) is 0 Å². The molecule has 0 aliphatic heterocycles.